The fourth-order valence-corrected chi connectivity index (χ4v) is 2.64. The van der Waals surface area contributed by atoms with Crippen molar-refractivity contribution in [3.63, 3.8) is 0 Å². The molecule has 0 rings (SSSR count). The van der Waals surface area contributed by atoms with Crippen molar-refractivity contribution in [3.8, 4) is 0 Å². The lowest BCUT2D eigenvalue weighted by molar-refractivity contribution is -0.144. The second-order valence-corrected chi connectivity index (χ2v) is 6.75. The van der Waals surface area contributed by atoms with E-state index in [1.807, 2.05) is 6.92 Å². The molecule has 0 fully saturated rings. The standard InChI is InChI=1S/C23H42O3/c1-3-5-6-7-8-9-10-11-12-13-14-15-16-17-18-20-23(24)26-22-19-21-25-4-2/h8-9,11-12H,3-7,10,13-22H2,1-2H3/b9-8-,12-11-. The summed E-state index contributed by atoms with van der Waals surface area (Å²) >= 11 is 0. The van der Waals surface area contributed by atoms with Gasteiger partial charge in [-0.15, -0.1) is 0 Å². The zero-order chi connectivity index (χ0) is 19.1. The molecule has 0 amide bonds. The summed E-state index contributed by atoms with van der Waals surface area (Å²) in [7, 11) is 0. The highest BCUT2D eigenvalue weighted by Crippen LogP contribution is 2.08. The van der Waals surface area contributed by atoms with Gasteiger partial charge in [-0.2, -0.15) is 0 Å². The van der Waals surface area contributed by atoms with E-state index in [0.29, 0.717) is 19.6 Å². The van der Waals surface area contributed by atoms with Crippen LogP contribution in [0.1, 0.15) is 97.3 Å². The van der Waals surface area contributed by atoms with Crippen LogP contribution in [0.3, 0.4) is 0 Å². The summed E-state index contributed by atoms with van der Waals surface area (Å²) in [4.78, 5) is 11.5. The highest BCUT2D eigenvalue weighted by atomic mass is 16.5. The van der Waals surface area contributed by atoms with Crippen LogP contribution in [-0.4, -0.2) is 25.8 Å². The number of hydrogen-bond donors (Lipinski definition) is 0. The maximum atomic E-state index is 11.5. The molecule has 0 aliphatic heterocycles. The van der Waals surface area contributed by atoms with Gasteiger partial charge >= 0.3 is 5.97 Å². The molecule has 0 heterocycles. The zero-order valence-corrected chi connectivity index (χ0v) is 17.3. The van der Waals surface area contributed by atoms with Crippen molar-refractivity contribution >= 4 is 5.97 Å². The number of allylic oxidation sites excluding steroid dienone is 4. The van der Waals surface area contributed by atoms with Crippen LogP contribution in [0.2, 0.25) is 0 Å². The lowest BCUT2D eigenvalue weighted by Gasteiger charge is -2.05. The van der Waals surface area contributed by atoms with Crippen molar-refractivity contribution in [2.45, 2.75) is 97.3 Å². The first kappa shape index (κ1) is 24.9. The van der Waals surface area contributed by atoms with Crippen molar-refractivity contribution in [2.75, 3.05) is 19.8 Å². The smallest absolute Gasteiger partial charge is 0.305 e. The summed E-state index contributed by atoms with van der Waals surface area (Å²) in [6.07, 6.45) is 23.7. The van der Waals surface area contributed by atoms with Crippen molar-refractivity contribution in [1.29, 1.82) is 0 Å². The van der Waals surface area contributed by atoms with Gasteiger partial charge in [-0.3, -0.25) is 4.79 Å². The number of carbonyl (C=O) groups excluding carboxylic acids is 1. The van der Waals surface area contributed by atoms with Crippen LogP contribution in [0.4, 0.5) is 0 Å². The summed E-state index contributed by atoms with van der Waals surface area (Å²) in [5.74, 6) is -0.0628. The number of unbranched alkanes of at least 4 members (excludes halogenated alkanes) is 8. The number of ether oxygens (including phenoxy) is 2. The normalized spacial score (nSPS) is 11.6. The number of esters is 1. The Hall–Kier alpha value is -1.09. The molecule has 0 aromatic heterocycles. The Balaban J connectivity index is 3.25. The van der Waals surface area contributed by atoms with E-state index in [1.165, 1.54) is 51.4 Å². The van der Waals surface area contributed by atoms with Crippen LogP contribution in [0.15, 0.2) is 24.3 Å². The van der Waals surface area contributed by atoms with E-state index in [4.69, 9.17) is 9.47 Å². The Morgan fingerprint density at radius 1 is 0.731 bits per heavy atom. The van der Waals surface area contributed by atoms with Crippen LogP contribution in [0.5, 0.6) is 0 Å². The van der Waals surface area contributed by atoms with Gasteiger partial charge in [0.2, 0.25) is 0 Å². The molecule has 26 heavy (non-hydrogen) atoms. The van der Waals surface area contributed by atoms with E-state index in [9.17, 15) is 4.79 Å². The topological polar surface area (TPSA) is 35.5 Å². The zero-order valence-electron chi connectivity index (χ0n) is 17.3. The summed E-state index contributed by atoms with van der Waals surface area (Å²) in [5, 5.41) is 0. The highest BCUT2D eigenvalue weighted by molar-refractivity contribution is 5.69. The summed E-state index contributed by atoms with van der Waals surface area (Å²) in [6, 6.07) is 0. The molecular formula is C23H42O3. The van der Waals surface area contributed by atoms with Crippen molar-refractivity contribution in [3.05, 3.63) is 24.3 Å². The van der Waals surface area contributed by atoms with Crippen molar-refractivity contribution < 1.29 is 14.3 Å². The summed E-state index contributed by atoms with van der Waals surface area (Å²) < 4.78 is 10.4. The summed E-state index contributed by atoms with van der Waals surface area (Å²) in [5.41, 5.74) is 0. The third-order valence-electron chi connectivity index (χ3n) is 4.23. The molecule has 3 heteroatoms. The predicted molar refractivity (Wildman–Crippen MR) is 111 cm³/mol. The maximum absolute atomic E-state index is 11.5. The minimum absolute atomic E-state index is 0.0628. The lowest BCUT2D eigenvalue weighted by atomic mass is 10.1. The van der Waals surface area contributed by atoms with Gasteiger partial charge in [-0.25, -0.2) is 0 Å². The molecule has 0 aromatic rings. The Morgan fingerprint density at radius 2 is 1.38 bits per heavy atom. The van der Waals surface area contributed by atoms with Crippen molar-refractivity contribution in [2.24, 2.45) is 0 Å². The molecule has 0 N–H and O–H groups in total. The van der Waals surface area contributed by atoms with E-state index >= 15 is 0 Å². The second kappa shape index (κ2) is 22.0. The van der Waals surface area contributed by atoms with Gasteiger partial charge in [0.15, 0.2) is 0 Å². The molecule has 0 aromatic carbocycles. The molecule has 0 unspecified atom stereocenters. The first-order valence-corrected chi connectivity index (χ1v) is 10.8. The van der Waals surface area contributed by atoms with Crippen molar-refractivity contribution in [1.82, 2.24) is 0 Å². The molecule has 0 radical (unpaired) electrons. The molecule has 152 valence electrons. The van der Waals surface area contributed by atoms with E-state index in [1.54, 1.807) is 0 Å². The SMILES string of the molecule is CCCCC/C=C\C/C=C\CCCCCCCC(=O)OCCCOCC. The van der Waals surface area contributed by atoms with Gasteiger partial charge in [0, 0.05) is 26.1 Å². The Bertz CT molecular complexity index is 347. The monoisotopic (exact) mass is 366 g/mol. The number of rotatable bonds is 19. The van der Waals surface area contributed by atoms with Crippen LogP contribution < -0.4 is 0 Å². The van der Waals surface area contributed by atoms with Crippen LogP contribution in [-0.2, 0) is 14.3 Å². The Morgan fingerprint density at radius 3 is 2.08 bits per heavy atom. The van der Waals surface area contributed by atoms with Crippen LogP contribution >= 0.6 is 0 Å². The molecule has 0 bridgehead atoms. The average molecular weight is 367 g/mol. The van der Waals surface area contributed by atoms with Gasteiger partial charge in [0.1, 0.15) is 0 Å². The van der Waals surface area contributed by atoms with Crippen LogP contribution in [0.25, 0.3) is 0 Å². The number of hydrogen-bond acceptors (Lipinski definition) is 3. The molecule has 0 spiro atoms. The quantitative estimate of drug-likeness (QED) is 0.144. The molecule has 0 atom stereocenters. The second-order valence-electron chi connectivity index (χ2n) is 6.75. The van der Waals surface area contributed by atoms with E-state index < -0.39 is 0 Å². The Labute approximate surface area is 162 Å². The first-order chi connectivity index (χ1) is 12.8. The minimum Gasteiger partial charge on any atom is -0.466 e. The summed E-state index contributed by atoms with van der Waals surface area (Å²) in [6.45, 7) is 6.09. The first-order valence-electron chi connectivity index (χ1n) is 10.8. The molecule has 0 saturated heterocycles. The predicted octanol–water partition coefficient (Wildman–Crippen LogP) is 6.77. The third kappa shape index (κ3) is 21.0. The van der Waals surface area contributed by atoms with E-state index in [2.05, 4.69) is 31.2 Å². The van der Waals surface area contributed by atoms with Gasteiger partial charge in [0.05, 0.1) is 6.61 Å². The molecule has 0 aliphatic carbocycles. The molecule has 3 nitrogen and oxygen atoms in total. The maximum Gasteiger partial charge on any atom is 0.305 e. The highest BCUT2D eigenvalue weighted by Gasteiger charge is 2.02. The van der Waals surface area contributed by atoms with Crippen LogP contribution in [0, 0.1) is 0 Å². The lowest BCUT2D eigenvalue weighted by Crippen LogP contribution is -2.07. The fourth-order valence-electron chi connectivity index (χ4n) is 2.64. The van der Waals surface area contributed by atoms with Gasteiger partial charge < -0.3 is 9.47 Å². The van der Waals surface area contributed by atoms with Gasteiger partial charge in [-0.1, -0.05) is 63.3 Å². The molecule has 0 aliphatic rings. The Kier molecular flexibility index (Phi) is 21.0. The average Bonchev–Trinajstić information content (AvgIpc) is 2.64. The minimum atomic E-state index is -0.0628. The van der Waals surface area contributed by atoms with Gasteiger partial charge in [-0.05, 0) is 45.4 Å². The third-order valence-corrected chi connectivity index (χ3v) is 4.23. The van der Waals surface area contributed by atoms with E-state index in [0.717, 1.165) is 32.3 Å². The van der Waals surface area contributed by atoms with E-state index in [-0.39, 0.29) is 5.97 Å². The number of carbonyl (C=O) groups is 1. The van der Waals surface area contributed by atoms with Gasteiger partial charge in [0.25, 0.3) is 0 Å². The largest absolute Gasteiger partial charge is 0.466 e. The molecule has 0 saturated carbocycles. The molecular weight excluding hydrogens is 324 g/mol. The fraction of sp³-hybridized carbons (Fsp3) is 0.783.